The predicted molar refractivity (Wildman–Crippen MR) is 80.7 cm³/mol. The predicted octanol–water partition coefficient (Wildman–Crippen LogP) is 3.60. The van der Waals surface area contributed by atoms with E-state index in [4.69, 9.17) is 9.15 Å². The summed E-state index contributed by atoms with van der Waals surface area (Å²) in [6, 6.07) is 13.0. The Hall–Kier alpha value is -3.21. The summed E-state index contributed by atoms with van der Waals surface area (Å²) in [5.74, 6) is -0.102. The molecule has 2 heterocycles. The molecule has 0 aliphatic carbocycles. The number of aromatic nitrogens is 2. The van der Waals surface area contributed by atoms with Crippen LogP contribution in [0, 0.1) is 0 Å². The standard InChI is InChI=1S/C17H10N2O3/c20-17(14-10-18-7-8-19-14)21-11-5-6-16-13(9-11)12-3-1-2-4-15(12)22-16/h1-10H. The van der Waals surface area contributed by atoms with Crippen molar-refractivity contribution < 1.29 is 13.9 Å². The number of hydrogen-bond donors (Lipinski definition) is 0. The number of carbonyl (C=O) groups is 1. The summed E-state index contributed by atoms with van der Waals surface area (Å²) < 4.78 is 11.1. The van der Waals surface area contributed by atoms with Crippen LogP contribution in [0.4, 0.5) is 0 Å². The number of nitrogens with zero attached hydrogens (tertiary/aromatic N) is 2. The van der Waals surface area contributed by atoms with Crippen molar-refractivity contribution in [3.05, 3.63) is 66.7 Å². The van der Waals surface area contributed by atoms with Gasteiger partial charge in [-0.2, -0.15) is 0 Å². The summed E-state index contributed by atoms with van der Waals surface area (Å²) >= 11 is 0. The Bertz CT molecular complexity index is 977. The molecule has 0 aliphatic heterocycles. The van der Waals surface area contributed by atoms with Gasteiger partial charge in [-0.15, -0.1) is 0 Å². The Balaban J connectivity index is 1.73. The fourth-order valence-electron chi connectivity index (χ4n) is 2.33. The molecule has 0 saturated carbocycles. The molecule has 2 aromatic heterocycles. The molecular weight excluding hydrogens is 280 g/mol. The van der Waals surface area contributed by atoms with E-state index in [1.807, 2.05) is 24.3 Å². The van der Waals surface area contributed by atoms with E-state index in [0.717, 1.165) is 21.9 Å². The van der Waals surface area contributed by atoms with Crippen molar-refractivity contribution in [1.82, 2.24) is 9.97 Å². The van der Waals surface area contributed by atoms with Crippen molar-refractivity contribution >= 4 is 27.9 Å². The molecule has 0 bridgehead atoms. The summed E-state index contributed by atoms with van der Waals surface area (Å²) in [5.41, 5.74) is 1.72. The lowest BCUT2D eigenvalue weighted by molar-refractivity contribution is 0.0728. The molecule has 0 N–H and O–H groups in total. The molecule has 106 valence electrons. The summed E-state index contributed by atoms with van der Waals surface area (Å²) in [6.07, 6.45) is 4.32. The first-order valence-corrected chi connectivity index (χ1v) is 6.71. The second kappa shape index (κ2) is 4.96. The third kappa shape index (κ3) is 2.09. The van der Waals surface area contributed by atoms with Gasteiger partial charge in [-0.3, -0.25) is 4.98 Å². The molecule has 5 heteroatoms. The van der Waals surface area contributed by atoms with Crippen molar-refractivity contribution in [1.29, 1.82) is 0 Å². The summed E-state index contributed by atoms with van der Waals surface area (Å²) in [5, 5.41) is 1.88. The molecule has 22 heavy (non-hydrogen) atoms. The molecule has 0 atom stereocenters. The van der Waals surface area contributed by atoms with Gasteiger partial charge < -0.3 is 9.15 Å². The topological polar surface area (TPSA) is 65.2 Å². The molecule has 4 rings (SSSR count). The molecule has 0 unspecified atom stereocenters. The van der Waals surface area contributed by atoms with Gasteiger partial charge in [0.15, 0.2) is 5.69 Å². The molecule has 0 spiro atoms. The number of benzene rings is 2. The van der Waals surface area contributed by atoms with E-state index in [9.17, 15) is 4.79 Å². The van der Waals surface area contributed by atoms with Crippen molar-refractivity contribution in [3.8, 4) is 5.75 Å². The molecule has 0 saturated heterocycles. The maximum atomic E-state index is 12.0. The van der Waals surface area contributed by atoms with Crippen LogP contribution in [0.25, 0.3) is 21.9 Å². The lowest BCUT2D eigenvalue weighted by Crippen LogP contribution is -2.10. The van der Waals surface area contributed by atoms with Gasteiger partial charge in [0.25, 0.3) is 0 Å². The Morgan fingerprint density at radius 2 is 1.86 bits per heavy atom. The van der Waals surface area contributed by atoms with Gasteiger partial charge in [-0.1, -0.05) is 18.2 Å². The van der Waals surface area contributed by atoms with E-state index in [1.165, 1.54) is 18.6 Å². The average Bonchev–Trinajstić information content (AvgIpc) is 2.94. The molecule has 2 aromatic carbocycles. The van der Waals surface area contributed by atoms with Gasteiger partial charge in [-0.05, 0) is 24.3 Å². The highest BCUT2D eigenvalue weighted by molar-refractivity contribution is 6.05. The molecule has 0 fully saturated rings. The second-order valence-electron chi connectivity index (χ2n) is 4.74. The summed E-state index contributed by atoms with van der Waals surface area (Å²) in [6.45, 7) is 0. The quantitative estimate of drug-likeness (QED) is 0.417. The van der Waals surface area contributed by atoms with E-state index in [-0.39, 0.29) is 5.69 Å². The lowest BCUT2D eigenvalue weighted by Gasteiger charge is -2.03. The maximum Gasteiger partial charge on any atom is 0.363 e. The lowest BCUT2D eigenvalue weighted by atomic mass is 10.1. The molecular formula is C17H10N2O3. The van der Waals surface area contributed by atoms with E-state index < -0.39 is 5.97 Å². The Labute approximate surface area is 125 Å². The molecule has 4 aromatic rings. The highest BCUT2D eigenvalue weighted by Gasteiger charge is 2.12. The number of para-hydroxylation sites is 1. The van der Waals surface area contributed by atoms with E-state index in [1.54, 1.807) is 18.2 Å². The minimum absolute atomic E-state index is 0.166. The smallest absolute Gasteiger partial charge is 0.363 e. The van der Waals surface area contributed by atoms with E-state index in [2.05, 4.69) is 9.97 Å². The van der Waals surface area contributed by atoms with Gasteiger partial charge in [0, 0.05) is 23.2 Å². The van der Waals surface area contributed by atoms with Crippen LogP contribution in [0.5, 0.6) is 5.75 Å². The van der Waals surface area contributed by atoms with Crippen LogP contribution in [0.15, 0.2) is 65.5 Å². The van der Waals surface area contributed by atoms with Gasteiger partial charge in [0.1, 0.15) is 16.9 Å². The fourth-order valence-corrected chi connectivity index (χ4v) is 2.33. The zero-order chi connectivity index (χ0) is 14.9. The van der Waals surface area contributed by atoms with Crippen molar-refractivity contribution in [2.24, 2.45) is 0 Å². The van der Waals surface area contributed by atoms with Gasteiger partial charge in [-0.25, -0.2) is 9.78 Å². The van der Waals surface area contributed by atoms with Crippen LogP contribution >= 0.6 is 0 Å². The zero-order valence-corrected chi connectivity index (χ0v) is 11.4. The second-order valence-corrected chi connectivity index (χ2v) is 4.74. The first-order chi connectivity index (χ1) is 10.8. The third-order valence-electron chi connectivity index (χ3n) is 3.33. The monoisotopic (exact) mass is 290 g/mol. The minimum atomic E-state index is -0.541. The van der Waals surface area contributed by atoms with Crippen molar-refractivity contribution in [3.63, 3.8) is 0 Å². The number of ether oxygens (including phenoxy) is 1. The first-order valence-electron chi connectivity index (χ1n) is 6.71. The Morgan fingerprint density at radius 3 is 2.73 bits per heavy atom. The van der Waals surface area contributed by atoms with Crippen molar-refractivity contribution in [2.75, 3.05) is 0 Å². The van der Waals surface area contributed by atoms with Crippen LogP contribution in [0.2, 0.25) is 0 Å². The summed E-state index contributed by atoms with van der Waals surface area (Å²) in [4.78, 5) is 19.8. The number of fused-ring (bicyclic) bond motifs is 3. The average molecular weight is 290 g/mol. The van der Waals surface area contributed by atoms with E-state index >= 15 is 0 Å². The number of furan rings is 1. The largest absolute Gasteiger partial charge is 0.456 e. The van der Waals surface area contributed by atoms with Crippen LogP contribution in [0.1, 0.15) is 10.5 Å². The highest BCUT2D eigenvalue weighted by atomic mass is 16.5. The Kier molecular flexibility index (Phi) is 2.83. The van der Waals surface area contributed by atoms with Crippen molar-refractivity contribution in [2.45, 2.75) is 0 Å². The first kappa shape index (κ1) is 12.5. The van der Waals surface area contributed by atoms with Crippen LogP contribution < -0.4 is 4.74 Å². The highest BCUT2D eigenvalue weighted by Crippen LogP contribution is 2.31. The minimum Gasteiger partial charge on any atom is -0.456 e. The number of carbonyl (C=O) groups excluding carboxylic acids is 1. The molecule has 5 nitrogen and oxygen atoms in total. The molecule has 0 amide bonds. The number of esters is 1. The Morgan fingerprint density at radius 1 is 1.00 bits per heavy atom. The zero-order valence-electron chi connectivity index (χ0n) is 11.4. The number of rotatable bonds is 2. The normalized spacial score (nSPS) is 10.9. The maximum absolute atomic E-state index is 12.0. The fraction of sp³-hybridized carbons (Fsp3) is 0. The van der Waals surface area contributed by atoms with Gasteiger partial charge in [0.2, 0.25) is 0 Å². The van der Waals surface area contributed by atoms with Gasteiger partial charge in [0.05, 0.1) is 6.20 Å². The molecule has 0 radical (unpaired) electrons. The summed E-state index contributed by atoms with van der Waals surface area (Å²) in [7, 11) is 0. The number of hydrogen-bond acceptors (Lipinski definition) is 5. The van der Waals surface area contributed by atoms with E-state index in [0.29, 0.717) is 5.75 Å². The van der Waals surface area contributed by atoms with Crippen LogP contribution in [-0.2, 0) is 0 Å². The molecule has 0 aliphatic rings. The van der Waals surface area contributed by atoms with Crippen LogP contribution in [0.3, 0.4) is 0 Å². The third-order valence-corrected chi connectivity index (χ3v) is 3.33. The van der Waals surface area contributed by atoms with Crippen LogP contribution in [-0.4, -0.2) is 15.9 Å². The SMILES string of the molecule is O=C(Oc1ccc2oc3ccccc3c2c1)c1cnccn1. The van der Waals surface area contributed by atoms with Gasteiger partial charge >= 0.3 is 5.97 Å².